The second kappa shape index (κ2) is 9.57. The molecule has 0 atom stereocenters. The normalized spacial score (nSPS) is 16.1. The van der Waals surface area contributed by atoms with Gasteiger partial charge in [0.25, 0.3) is 0 Å². The molecule has 3 aromatic rings. The number of morpholine rings is 1. The maximum Gasteiger partial charge on any atom is 0.212 e. The lowest BCUT2D eigenvalue weighted by atomic mass is 9.95. The number of pyridine rings is 1. The molecule has 1 saturated heterocycles. The summed E-state index contributed by atoms with van der Waals surface area (Å²) >= 11 is 0. The monoisotopic (exact) mass is 442 g/mol. The molecule has 6 heteroatoms. The zero-order chi connectivity index (χ0) is 22.6. The summed E-state index contributed by atoms with van der Waals surface area (Å²) in [6.45, 7) is 4.80. The first-order valence-electron chi connectivity index (χ1n) is 11.2. The van der Waals surface area contributed by atoms with E-state index in [1.807, 2.05) is 54.6 Å². The van der Waals surface area contributed by atoms with Gasteiger partial charge < -0.3 is 14.2 Å². The highest BCUT2D eigenvalue weighted by Crippen LogP contribution is 2.43. The van der Waals surface area contributed by atoms with Crippen molar-refractivity contribution in [1.82, 2.24) is 9.88 Å². The van der Waals surface area contributed by atoms with Gasteiger partial charge in [-0.15, -0.1) is 0 Å². The smallest absolute Gasteiger partial charge is 0.212 e. The number of rotatable bonds is 7. The molecular formula is C27H26N2O4. The molecule has 1 aliphatic heterocycles. The van der Waals surface area contributed by atoms with Crippen LogP contribution in [0.5, 0.6) is 11.6 Å². The number of benzene rings is 2. The third kappa shape index (κ3) is 4.40. The van der Waals surface area contributed by atoms with Gasteiger partial charge in [-0.3, -0.25) is 9.69 Å². The molecule has 0 spiro atoms. The predicted molar refractivity (Wildman–Crippen MR) is 127 cm³/mol. The third-order valence-corrected chi connectivity index (χ3v) is 6.06. The van der Waals surface area contributed by atoms with Gasteiger partial charge in [0.15, 0.2) is 5.78 Å². The number of hydrogen-bond donors (Lipinski definition) is 0. The van der Waals surface area contributed by atoms with E-state index in [0.29, 0.717) is 29.4 Å². The molecule has 0 amide bonds. The molecule has 0 saturated carbocycles. The molecule has 0 unspecified atom stereocenters. The number of carbonyl (C=O) groups is 1. The molecule has 6 nitrogen and oxygen atoms in total. The van der Waals surface area contributed by atoms with E-state index in [1.54, 1.807) is 19.4 Å². The zero-order valence-corrected chi connectivity index (χ0v) is 18.6. The molecule has 0 N–H and O–H groups in total. The molecular weight excluding hydrogens is 416 g/mol. The van der Waals surface area contributed by atoms with Crippen molar-refractivity contribution in [2.24, 2.45) is 0 Å². The quantitative estimate of drug-likeness (QED) is 0.552. The minimum absolute atomic E-state index is 0.0190. The average Bonchev–Trinajstić information content (AvgIpc) is 3.17. The van der Waals surface area contributed by atoms with Crippen LogP contribution in [0.1, 0.15) is 27.0 Å². The van der Waals surface area contributed by atoms with E-state index in [9.17, 15) is 4.79 Å². The van der Waals surface area contributed by atoms with Crippen LogP contribution in [0.4, 0.5) is 0 Å². The largest absolute Gasteiger partial charge is 0.492 e. The lowest BCUT2D eigenvalue weighted by Gasteiger charge is -2.26. The number of methoxy groups -OCH3 is 1. The Bertz CT molecular complexity index is 1170. The van der Waals surface area contributed by atoms with Crippen molar-refractivity contribution in [3.8, 4) is 11.6 Å². The maximum atomic E-state index is 13.6. The highest BCUT2D eigenvalue weighted by molar-refractivity contribution is 6.41. The summed E-state index contributed by atoms with van der Waals surface area (Å²) in [6, 6.07) is 19.5. The highest BCUT2D eigenvalue weighted by atomic mass is 16.5. The van der Waals surface area contributed by atoms with E-state index >= 15 is 0 Å². The Balaban J connectivity index is 1.45. The van der Waals surface area contributed by atoms with Crippen molar-refractivity contribution in [2.45, 2.75) is 0 Å². The number of allylic oxidation sites excluding steroid dienone is 1. The van der Waals surface area contributed by atoms with E-state index in [4.69, 9.17) is 14.2 Å². The number of nitrogens with zero attached hydrogens (tertiary/aromatic N) is 2. The van der Waals surface area contributed by atoms with Gasteiger partial charge in [0.2, 0.25) is 5.88 Å². The third-order valence-electron chi connectivity index (χ3n) is 6.06. The predicted octanol–water partition coefficient (Wildman–Crippen LogP) is 3.96. The molecule has 0 radical (unpaired) electrons. The second-order valence-corrected chi connectivity index (χ2v) is 8.04. The van der Waals surface area contributed by atoms with Crippen molar-refractivity contribution in [1.29, 1.82) is 0 Å². The molecule has 1 aromatic heterocycles. The number of Topliss-reactive ketones (excluding diaryl/α,β-unsaturated/α-hetero) is 1. The van der Waals surface area contributed by atoms with Crippen molar-refractivity contribution < 1.29 is 19.0 Å². The van der Waals surface area contributed by atoms with E-state index in [2.05, 4.69) is 9.88 Å². The molecule has 2 aliphatic rings. The maximum absolute atomic E-state index is 13.6. The average molecular weight is 443 g/mol. The fourth-order valence-electron chi connectivity index (χ4n) is 4.35. The van der Waals surface area contributed by atoms with Gasteiger partial charge in [-0.25, -0.2) is 4.98 Å². The highest BCUT2D eigenvalue weighted by Gasteiger charge is 2.32. The lowest BCUT2D eigenvalue weighted by Crippen LogP contribution is -2.38. The van der Waals surface area contributed by atoms with Crippen LogP contribution >= 0.6 is 0 Å². The Hall–Kier alpha value is -3.48. The SMILES string of the molecule is COc1ccc(C2=C(c3ccccc3)c3ccc(OCCN4CCOCC4)cc3C2=O)cn1. The molecule has 2 heterocycles. The van der Waals surface area contributed by atoms with Crippen LogP contribution in [-0.4, -0.2) is 62.2 Å². The van der Waals surface area contributed by atoms with E-state index in [0.717, 1.165) is 55.1 Å². The summed E-state index contributed by atoms with van der Waals surface area (Å²) in [5.74, 6) is 1.20. The van der Waals surface area contributed by atoms with E-state index in [1.165, 1.54) is 0 Å². The zero-order valence-electron chi connectivity index (χ0n) is 18.6. The van der Waals surface area contributed by atoms with Crippen molar-refractivity contribution in [3.05, 3.63) is 89.1 Å². The fraction of sp³-hybridized carbons (Fsp3) is 0.259. The Morgan fingerprint density at radius 3 is 2.48 bits per heavy atom. The molecule has 168 valence electrons. The first-order chi connectivity index (χ1) is 16.2. The summed E-state index contributed by atoms with van der Waals surface area (Å²) in [5.41, 5.74) is 4.90. The number of ether oxygens (including phenoxy) is 3. The van der Waals surface area contributed by atoms with Crippen LogP contribution in [0.15, 0.2) is 66.9 Å². The van der Waals surface area contributed by atoms with Gasteiger partial charge in [-0.2, -0.15) is 0 Å². The first kappa shape index (κ1) is 21.4. The Morgan fingerprint density at radius 2 is 1.76 bits per heavy atom. The molecule has 0 bridgehead atoms. The second-order valence-electron chi connectivity index (χ2n) is 8.04. The number of fused-ring (bicyclic) bond motifs is 1. The van der Waals surface area contributed by atoms with E-state index < -0.39 is 0 Å². The summed E-state index contributed by atoms with van der Waals surface area (Å²) in [5, 5.41) is 0. The fourth-order valence-corrected chi connectivity index (χ4v) is 4.35. The number of aromatic nitrogens is 1. The standard InChI is InChI=1S/C27H26N2O4/c1-31-24-10-7-20(18-28-24)26-25(19-5-3-2-4-6-19)22-9-8-21(17-23(22)27(26)30)33-16-13-29-11-14-32-15-12-29/h2-10,17-18H,11-16H2,1H3. The van der Waals surface area contributed by atoms with Crippen LogP contribution < -0.4 is 9.47 Å². The van der Waals surface area contributed by atoms with Crippen molar-refractivity contribution in [3.63, 3.8) is 0 Å². The Morgan fingerprint density at radius 1 is 0.939 bits per heavy atom. The summed E-state index contributed by atoms with van der Waals surface area (Å²) < 4.78 is 16.6. The minimum atomic E-state index is -0.0190. The molecule has 2 aromatic carbocycles. The first-order valence-corrected chi connectivity index (χ1v) is 11.2. The topological polar surface area (TPSA) is 60.9 Å². The van der Waals surface area contributed by atoms with Gasteiger partial charge in [-0.05, 0) is 35.4 Å². The number of carbonyl (C=O) groups excluding carboxylic acids is 1. The van der Waals surface area contributed by atoms with Gasteiger partial charge in [-0.1, -0.05) is 30.3 Å². The Kier molecular flexibility index (Phi) is 6.19. The molecule has 1 aliphatic carbocycles. The van der Waals surface area contributed by atoms with E-state index in [-0.39, 0.29) is 5.78 Å². The van der Waals surface area contributed by atoms with Crippen molar-refractivity contribution in [2.75, 3.05) is 46.6 Å². The van der Waals surface area contributed by atoms with Crippen molar-refractivity contribution >= 4 is 16.9 Å². The van der Waals surface area contributed by atoms with Gasteiger partial charge in [0, 0.05) is 54.2 Å². The van der Waals surface area contributed by atoms with Crippen LogP contribution in [-0.2, 0) is 4.74 Å². The number of ketones is 1. The lowest BCUT2D eigenvalue weighted by molar-refractivity contribution is 0.0322. The molecule has 33 heavy (non-hydrogen) atoms. The van der Waals surface area contributed by atoms with Crippen LogP contribution in [0.3, 0.4) is 0 Å². The van der Waals surface area contributed by atoms with Gasteiger partial charge >= 0.3 is 0 Å². The van der Waals surface area contributed by atoms with Gasteiger partial charge in [0.05, 0.1) is 20.3 Å². The summed E-state index contributed by atoms with van der Waals surface area (Å²) in [7, 11) is 1.58. The van der Waals surface area contributed by atoms with Crippen LogP contribution in [0.2, 0.25) is 0 Å². The summed E-state index contributed by atoms with van der Waals surface area (Å²) in [4.78, 5) is 20.3. The van der Waals surface area contributed by atoms with Gasteiger partial charge in [0.1, 0.15) is 12.4 Å². The molecule has 5 rings (SSSR count). The summed E-state index contributed by atoms with van der Waals surface area (Å²) in [6.07, 6.45) is 1.70. The number of hydrogen-bond acceptors (Lipinski definition) is 6. The Labute approximate surface area is 193 Å². The molecule has 1 fully saturated rings. The minimum Gasteiger partial charge on any atom is -0.492 e. The van der Waals surface area contributed by atoms with Crippen LogP contribution in [0.25, 0.3) is 11.1 Å². The van der Waals surface area contributed by atoms with Crippen LogP contribution in [0, 0.1) is 0 Å².